The number of amides is 1. The highest BCUT2D eigenvalue weighted by molar-refractivity contribution is 6.32. The van der Waals surface area contributed by atoms with Gasteiger partial charge in [-0.05, 0) is 35.4 Å². The summed E-state index contributed by atoms with van der Waals surface area (Å²) in [5.74, 6) is -0.274. The first-order chi connectivity index (χ1) is 10.3. The number of carbonyl (C=O) groups excluding carboxylic acids is 1. The van der Waals surface area contributed by atoms with Gasteiger partial charge in [-0.2, -0.15) is 5.10 Å². The average molecular weight is 302 g/mol. The van der Waals surface area contributed by atoms with Crippen LogP contribution in [0, 0.1) is 0 Å². The Bertz CT molecular complexity index is 750. The normalized spacial score (nSPS) is 10.5. The Hall–Kier alpha value is -2.53. The summed E-state index contributed by atoms with van der Waals surface area (Å²) in [5.41, 5.74) is 2.20. The number of benzene rings is 1. The first kappa shape index (κ1) is 13.5. The molecule has 2 heterocycles. The molecule has 21 heavy (non-hydrogen) atoms. The second kappa shape index (κ2) is 5.85. The zero-order valence-corrected chi connectivity index (χ0v) is 11.7. The number of aromatic nitrogens is 2. The average Bonchev–Trinajstić information content (AvgIpc) is 3.16. The number of hydrogen-bond donors (Lipinski definition) is 1. The predicted molar refractivity (Wildman–Crippen MR) is 78.5 cm³/mol. The highest BCUT2D eigenvalue weighted by Crippen LogP contribution is 2.17. The van der Waals surface area contributed by atoms with Crippen molar-refractivity contribution in [1.82, 2.24) is 15.1 Å². The van der Waals surface area contributed by atoms with Crippen molar-refractivity contribution in [3.63, 3.8) is 0 Å². The second-order valence-corrected chi connectivity index (χ2v) is 4.71. The van der Waals surface area contributed by atoms with Gasteiger partial charge in [-0.1, -0.05) is 18.2 Å². The number of furan rings is 1. The maximum atomic E-state index is 12.0. The number of rotatable bonds is 4. The van der Waals surface area contributed by atoms with E-state index in [1.54, 1.807) is 10.9 Å². The van der Waals surface area contributed by atoms with Gasteiger partial charge in [-0.15, -0.1) is 0 Å². The topological polar surface area (TPSA) is 60.1 Å². The van der Waals surface area contributed by atoms with E-state index in [-0.39, 0.29) is 11.1 Å². The Labute approximate surface area is 126 Å². The molecule has 0 aliphatic carbocycles. The third-order valence-corrected chi connectivity index (χ3v) is 3.34. The number of halogens is 1. The zero-order valence-electron chi connectivity index (χ0n) is 11.0. The maximum Gasteiger partial charge on any atom is 0.256 e. The molecule has 0 fully saturated rings. The van der Waals surface area contributed by atoms with E-state index in [0.717, 1.165) is 11.3 Å². The van der Waals surface area contributed by atoms with E-state index in [1.807, 2.05) is 36.5 Å². The first-order valence-electron chi connectivity index (χ1n) is 6.35. The molecule has 6 heteroatoms. The van der Waals surface area contributed by atoms with Gasteiger partial charge < -0.3 is 9.73 Å². The molecule has 0 atom stereocenters. The van der Waals surface area contributed by atoms with Crippen molar-refractivity contribution in [2.45, 2.75) is 6.54 Å². The van der Waals surface area contributed by atoms with E-state index in [9.17, 15) is 4.79 Å². The van der Waals surface area contributed by atoms with Crippen LogP contribution in [0.4, 0.5) is 0 Å². The summed E-state index contributed by atoms with van der Waals surface area (Å²) in [5, 5.41) is 7.12. The third-order valence-electron chi connectivity index (χ3n) is 3.04. The Morgan fingerprint density at radius 2 is 2.14 bits per heavy atom. The van der Waals surface area contributed by atoms with Crippen molar-refractivity contribution in [1.29, 1.82) is 0 Å². The van der Waals surface area contributed by atoms with Crippen LogP contribution < -0.4 is 5.32 Å². The fourth-order valence-electron chi connectivity index (χ4n) is 2.02. The van der Waals surface area contributed by atoms with Crippen LogP contribution in [-0.2, 0) is 6.54 Å². The highest BCUT2D eigenvalue weighted by Gasteiger charge is 2.13. The SMILES string of the molecule is O=C(NCc1ccccc1-n1cccn1)c1ccoc1Cl. The Morgan fingerprint density at radius 3 is 2.86 bits per heavy atom. The van der Waals surface area contributed by atoms with E-state index in [4.69, 9.17) is 16.0 Å². The van der Waals surface area contributed by atoms with Gasteiger partial charge in [0.1, 0.15) is 0 Å². The number of para-hydroxylation sites is 1. The number of carbonyl (C=O) groups is 1. The van der Waals surface area contributed by atoms with Crippen LogP contribution in [0.5, 0.6) is 0 Å². The molecule has 1 aromatic carbocycles. The zero-order chi connectivity index (χ0) is 14.7. The summed E-state index contributed by atoms with van der Waals surface area (Å²) in [6.45, 7) is 0.371. The lowest BCUT2D eigenvalue weighted by molar-refractivity contribution is 0.0950. The van der Waals surface area contributed by atoms with Gasteiger partial charge in [0.2, 0.25) is 5.22 Å². The summed E-state index contributed by atoms with van der Waals surface area (Å²) >= 11 is 5.79. The van der Waals surface area contributed by atoms with Crippen LogP contribution in [-0.4, -0.2) is 15.7 Å². The molecule has 1 amide bonds. The van der Waals surface area contributed by atoms with Crippen LogP contribution in [0.25, 0.3) is 5.69 Å². The van der Waals surface area contributed by atoms with Crippen LogP contribution >= 0.6 is 11.6 Å². The Morgan fingerprint density at radius 1 is 1.29 bits per heavy atom. The molecule has 0 radical (unpaired) electrons. The minimum atomic E-state index is -0.274. The summed E-state index contributed by atoms with van der Waals surface area (Å²) in [6, 6.07) is 11.1. The molecule has 0 saturated heterocycles. The maximum absolute atomic E-state index is 12.0. The van der Waals surface area contributed by atoms with Crippen LogP contribution in [0.1, 0.15) is 15.9 Å². The molecule has 0 unspecified atom stereocenters. The van der Waals surface area contributed by atoms with Crippen molar-refractivity contribution >= 4 is 17.5 Å². The molecule has 0 spiro atoms. The Balaban J connectivity index is 1.77. The third kappa shape index (κ3) is 2.83. The minimum Gasteiger partial charge on any atom is -0.452 e. The Kier molecular flexibility index (Phi) is 3.75. The van der Waals surface area contributed by atoms with Crippen LogP contribution in [0.15, 0.2) is 59.5 Å². The molecular weight excluding hydrogens is 290 g/mol. The molecule has 0 aliphatic heterocycles. The largest absolute Gasteiger partial charge is 0.452 e. The monoisotopic (exact) mass is 301 g/mol. The summed E-state index contributed by atoms with van der Waals surface area (Å²) in [6.07, 6.45) is 4.95. The molecule has 106 valence electrons. The van der Waals surface area contributed by atoms with Gasteiger partial charge in [0, 0.05) is 18.9 Å². The summed E-state index contributed by atoms with van der Waals surface area (Å²) in [7, 11) is 0. The van der Waals surface area contributed by atoms with Gasteiger partial charge in [0.15, 0.2) is 0 Å². The van der Waals surface area contributed by atoms with Crippen molar-refractivity contribution in [3.8, 4) is 5.69 Å². The molecule has 5 nitrogen and oxygen atoms in total. The van der Waals surface area contributed by atoms with Crippen molar-refractivity contribution < 1.29 is 9.21 Å². The second-order valence-electron chi connectivity index (χ2n) is 4.37. The van der Waals surface area contributed by atoms with E-state index in [0.29, 0.717) is 12.1 Å². The van der Waals surface area contributed by atoms with Gasteiger partial charge in [0.05, 0.1) is 17.5 Å². The molecule has 1 N–H and O–H groups in total. The smallest absolute Gasteiger partial charge is 0.256 e. The number of nitrogens with zero attached hydrogens (tertiary/aromatic N) is 2. The number of nitrogens with one attached hydrogen (secondary N) is 1. The fraction of sp³-hybridized carbons (Fsp3) is 0.0667. The lowest BCUT2D eigenvalue weighted by Crippen LogP contribution is -2.23. The van der Waals surface area contributed by atoms with E-state index < -0.39 is 0 Å². The molecule has 0 bridgehead atoms. The van der Waals surface area contributed by atoms with Crippen molar-refractivity contribution in [2.75, 3.05) is 0 Å². The van der Waals surface area contributed by atoms with Gasteiger partial charge in [-0.25, -0.2) is 4.68 Å². The fourth-order valence-corrected chi connectivity index (χ4v) is 2.22. The molecule has 0 saturated carbocycles. The lowest BCUT2D eigenvalue weighted by atomic mass is 10.1. The highest BCUT2D eigenvalue weighted by atomic mass is 35.5. The van der Waals surface area contributed by atoms with Gasteiger partial charge in [-0.3, -0.25) is 4.79 Å². The standard InChI is InChI=1S/C15H12ClN3O2/c16-14-12(6-9-21-14)15(20)17-10-11-4-1-2-5-13(11)19-8-3-7-18-19/h1-9H,10H2,(H,17,20). The molecule has 2 aromatic heterocycles. The number of hydrogen-bond acceptors (Lipinski definition) is 3. The van der Waals surface area contributed by atoms with E-state index in [2.05, 4.69) is 10.4 Å². The molecular formula is C15H12ClN3O2. The van der Waals surface area contributed by atoms with Crippen molar-refractivity contribution in [3.05, 3.63) is 71.4 Å². The van der Waals surface area contributed by atoms with Crippen LogP contribution in [0.3, 0.4) is 0 Å². The first-order valence-corrected chi connectivity index (χ1v) is 6.72. The quantitative estimate of drug-likeness (QED) is 0.805. The molecule has 0 aliphatic rings. The summed E-state index contributed by atoms with van der Waals surface area (Å²) < 4.78 is 6.67. The van der Waals surface area contributed by atoms with E-state index >= 15 is 0 Å². The minimum absolute atomic E-state index is 0.0906. The van der Waals surface area contributed by atoms with E-state index in [1.165, 1.54) is 12.3 Å². The molecule has 3 rings (SSSR count). The summed E-state index contributed by atoms with van der Waals surface area (Å²) in [4.78, 5) is 12.0. The lowest BCUT2D eigenvalue weighted by Gasteiger charge is -2.10. The van der Waals surface area contributed by atoms with Crippen LogP contribution in [0.2, 0.25) is 5.22 Å². The predicted octanol–water partition coefficient (Wildman–Crippen LogP) is 3.05. The van der Waals surface area contributed by atoms with Gasteiger partial charge in [0.25, 0.3) is 5.91 Å². The van der Waals surface area contributed by atoms with Gasteiger partial charge >= 0.3 is 0 Å². The van der Waals surface area contributed by atoms with Crippen molar-refractivity contribution in [2.24, 2.45) is 0 Å². The molecule has 3 aromatic rings.